The first-order valence-corrected chi connectivity index (χ1v) is 7.52. The Kier molecular flexibility index (Phi) is 6.41. The summed E-state index contributed by atoms with van der Waals surface area (Å²) in [4.78, 5) is 15.9. The van der Waals surface area contributed by atoms with E-state index in [1.807, 2.05) is 0 Å². The highest BCUT2D eigenvalue weighted by atomic mass is 16.5. The maximum Gasteiger partial charge on any atom is 0.319 e. The van der Waals surface area contributed by atoms with Gasteiger partial charge in [0.15, 0.2) is 0 Å². The third-order valence-corrected chi connectivity index (χ3v) is 3.46. The predicted molar refractivity (Wildman–Crippen MR) is 92.3 cm³/mol. The highest BCUT2D eigenvalue weighted by molar-refractivity contribution is 5.89. The van der Waals surface area contributed by atoms with Crippen LogP contribution >= 0.6 is 0 Å². The van der Waals surface area contributed by atoms with E-state index < -0.39 is 12.1 Å². The largest absolute Gasteiger partial charge is 0.497 e. The van der Waals surface area contributed by atoms with Crippen molar-refractivity contribution < 1.29 is 24.1 Å². The van der Waals surface area contributed by atoms with Crippen molar-refractivity contribution in [3.63, 3.8) is 0 Å². The molecule has 0 fully saturated rings. The molecule has 0 bridgehead atoms. The Bertz CT molecular complexity index is 706. The van der Waals surface area contributed by atoms with E-state index in [-0.39, 0.29) is 6.54 Å². The minimum Gasteiger partial charge on any atom is -0.497 e. The van der Waals surface area contributed by atoms with Gasteiger partial charge in [0, 0.05) is 18.2 Å². The van der Waals surface area contributed by atoms with Gasteiger partial charge in [-0.1, -0.05) is 0 Å². The van der Waals surface area contributed by atoms with Crippen LogP contribution in [0.15, 0.2) is 36.5 Å². The summed E-state index contributed by atoms with van der Waals surface area (Å²) in [6.07, 6.45) is 0.518. The standard InChI is InChI=1S/C17H21N3O5/c1-23-12-5-6-15(24-2)13(8-12)14(21)10-19-17(22)20-11-4-7-16(25-3)18-9-11/h4-9,14,21H,10H2,1-3H3,(H2,19,20,22). The summed E-state index contributed by atoms with van der Waals surface area (Å²) in [5.41, 5.74) is 1.03. The van der Waals surface area contributed by atoms with Gasteiger partial charge in [-0.05, 0) is 24.3 Å². The van der Waals surface area contributed by atoms with Gasteiger partial charge in [-0.15, -0.1) is 0 Å². The number of hydrogen-bond acceptors (Lipinski definition) is 6. The van der Waals surface area contributed by atoms with Crippen molar-refractivity contribution in [2.45, 2.75) is 6.10 Å². The fourth-order valence-electron chi connectivity index (χ4n) is 2.15. The van der Waals surface area contributed by atoms with Gasteiger partial charge in [-0.25, -0.2) is 9.78 Å². The number of amides is 2. The van der Waals surface area contributed by atoms with Crippen molar-refractivity contribution in [1.29, 1.82) is 0 Å². The summed E-state index contributed by atoms with van der Waals surface area (Å²) >= 11 is 0. The van der Waals surface area contributed by atoms with E-state index in [0.29, 0.717) is 28.6 Å². The maximum atomic E-state index is 11.9. The van der Waals surface area contributed by atoms with Gasteiger partial charge < -0.3 is 30.0 Å². The van der Waals surface area contributed by atoms with Gasteiger partial charge in [0.25, 0.3) is 0 Å². The molecule has 8 heteroatoms. The molecule has 0 radical (unpaired) electrons. The summed E-state index contributed by atoms with van der Waals surface area (Å²) in [5, 5.41) is 15.5. The number of carbonyl (C=O) groups is 1. The third kappa shape index (κ3) is 4.98. The molecule has 1 aromatic heterocycles. The fourth-order valence-corrected chi connectivity index (χ4v) is 2.15. The number of nitrogens with zero attached hydrogens (tertiary/aromatic N) is 1. The Labute approximate surface area is 145 Å². The molecule has 0 spiro atoms. The van der Waals surface area contributed by atoms with E-state index in [2.05, 4.69) is 15.6 Å². The number of carbonyl (C=O) groups excluding carboxylic acids is 1. The van der Waals surface area contributed by atoms with Crippen LogP contribution in [0.4, 0.5) is 10.5 Å². The van der Waals surface area contributed by atoms with Gasteiger partial charge in [0.1, 0.15) is 17.6 Å². The molecule has 0 aliphatic carbocycles. The van der Waals surface area contributed by atoms with Crippen LogP contribution in [-0.2, 0) is 0 Å². The Morgan fingerprint density at radius 3 is 2.56 bits per heavy atom. The molecule has 1 heterocycles. The first-order chi connectivity index (χ1) is 12.1. The summed E-state index contributed by atoms with van der Waals surface area (Å²) in [5.74, 6) is 1.55. The zero-order chi connectivity index (χ0) is 18.2. The van der Waals surface area contributed by atoms with E-state index in [1.165, 1.54) is 27.5 Å². The molecule has 1 unspecified atom stereocenters. The monoisotopic (exact) mass is 347 g/mol. The molecule has 0 aliphatic rings. The zero-order valence-corrected chi connectivity index (χ0v) is 14.3. The van der Waals surface area contributed by atoms with Gasteiger partial charge in [0.2, 0.25) is 5.88 Å². The summed E-state index contributed by atoms with van der Waals surface area (Å²) < 4.78 is 15.3. The van der Waals surface area contributed by atoms with E-state index >= 15 is 0 Å². The first kappa shape index (κ1) is 18.3. The molecular weight excluding hydrogens is 326 g/mol. The number of aromatic nitrogens is 1. The average Bonchev–Trinajstić information content (AvgIpc) is 2.66. The molecule has 2 rings (SSSR count). The normalized spacial score (nSPS) is 11.4. The first-order valence-electron chi connectivity index (χ1n) is 7.52. The number of benzene rings is 1. The number of anilines is 1. The minimum atomic E-state index is -0.954. The van der Waals surface area contributed by atoms with E-state index in [9.17, 15) is 9.90 Å². The van der Waals surface area contributed by atoms with E-state index in [1.54, 1.807) is 30.3 Å². The number of aliphatic hydroxyl groups is 1. The Balaban J connectivity index is 1.94. The number of hydrogen-bond donors (Lipinski definition) is 3. The molecule has 1 aromatic carbocycles. The Hall–Kier alpha value is -3.00. The van der Waals surface area contributed by atoms with Crippen LogP contribution in [-0.4, -0.2) is 44.0 Å². The molecule has 2 amide bonds. The summed E-state index contributed by atoms with van der Waals surface area (Å²) in [7, 11) is 4.55. The molecule has 1 atom stereocenters. The van der Waals surface area contributed by atoms with Gasteiger partial charge in [-0.2, -0.15) is 0 Å². The second kappa shape index (κ2) is 8.74. The molecule has 134 valence electrons. The smallest absolute Gasteiger partial charge is 0.319 e. The SMILES string of the molecule is COc1ccc(OC)c(C(O)CNC(=O)Nc2ccc(OC)nc2)c1. The molecule has 0 saturated heterocycles. The average molecular weight is 347 g/mol. The lowest BCUT2D eigenvalue weighted by atomic mass is 10.1. The number of rotatable bonds is 7. The molecule has 3 N–H and O–H groups in total. The van der Waals surface area contributed by atoms with Crippen molar-refractivity contribution in [3.8, 4) is 17.4 Å². The molecule has 8 nitrogen and oxygen atoms in total. The minimum absolute atomic E-state index is 0.00105. The van der Waals surface area contributed by atoms with Crippen LogP contribution < -0.4 is 24.8 Å². The quantitative estimate of drug-likeness (QED) is 0.708. The van der Waals surface area contributed by atoms with Gasteiger partial charge >= 0.3 is 6.03 Å². The van der Waals surface area contributed by atoms with E-state index in [4.69, 9.17) is 14.2 Å². The molecule has 0 aliphatic heterocycles. The van der Waals surface area contributed by atoms with Crippen LogP contribution in [0.2, 0.25) is 0 Å². The summed E-state index contributed by atoms with van der Waals surface area (Å²) in [6, 6.07) is 7.91. The van der Waals surface area contributed by atoms with Crippen molar-refractivity contribution in [1.82, 2.24) is 10.3 Å². The van der Waals surface area contributed by atoms with Crippen molar-refractivity contribution in [2.24, 2.45) is 0 Å². The molecule has 0 saturated carbocycles. The van der Waals surface area contributed by atoms with Crippen molar-refractivity contribution in [2.75, 3.05) is 33.2 Å². The number of ether oxygens (including phenoxy) is 3. The number of pyridine rings is 1. The predicted octanol–water partition coefficient (Wildman–Crippen LogP) is 1.96. The number of urea groups is 1. The third-order valence-electron chi connectivity index (χ3n) is 3.46. The van der Waals surface area contributed by atoms with E-state index in [0.717, 1.165) is 0 Å². The molecular formula is C17H21N3O5. The van der Waals surface area contributed by atoms with Crippen molar-refractivity contribution >= 4 is 11.7 Å². The van der Waals surface area contributed by atoms with Crippen LogP contribution in [0.5, 0.6) is 17.4 Å². The lowest BCUT2D eigenvalue weighted by Gasteiger charge is -2.16. The lowest BCUT2D eigenvalue weighted by molar-refractivity contribution is 0.170. The van der Waals surface area contributed by atoms with Crippen LogP contribution in [0.25, 0.3) is 0 Å². The molecule has 25 heavy (non-hydrogen) atoms. The highest BCUT2D eigenvalue weighted by Gasteiger charge is 2.15. The lowest BCUT2D eigenvalue weighted by Crippen LogP contribution is -2.32. The fraction of sp³-hybridized carbons (Fsp3) is 0.294. The number of nitrogens with one attached hydrogen (secondary N) is 2. The second-order valence-electron chi connectivity index (χ2n) is 5.05. The summed E-state index contributed by atoms with van der Waals surface area (Å²) in [6.45, 7) is -0.00105. The maximum absolute atomic E-state index is 11.9. The Morgan fingerprint density at radius 2 is 1.96 bits per heavy atom. The topological polar surface area (TPSA) is 102 Å². The van der Waals surface area contributed by atoms with Crippen LogP contribution in [0.3, 0.4) is 0 Å². The van der Waals surface area contributed by atoms with Gasteiger partial charge in [-0.3, -0.25) is 0 Å². The zero-order valence-electron chi connectivity index (χ0n) is 14.3. The Morgan fingerprint density at radius 1 is 1.16 bits per heavy atom. The highest BCUT2D eigenvalue weighted by Crippen LogP contribution is 2.29. The second-order valence-corrected chi connectivity index (χ2v) is 5.05. The molecule has 2 aromatic rings. The number of methoxy groups -OCH3 is 3. The van der Waals surface area contributed by atoms with Crippen LogP contribution in [0, 0.1) is 0 Å². The van der Waals surface area contributed by atoms with Crippen LogP contribution in [0.1, 0.15) is 11.7 Å². The van der Waals surface area contributed by atoms with Crippen molar-refractivity contribution in [3.05, 3.63) is 42.1 Å². The number of aliphatic hydroxyl groups excluding tert-OH is 1. The van der Waals surface area contributed by atoms with Gasteiger partial charge in [0.05, 0.1) is 33.2 Å².